The second-order valence-electron chi connectivity index (χ2n) is 5.64. The molecule has 0 aromatic carbocycles. The molecule has 15 heavy (non-hydrogen) atoms. The third-order valence-corrected chi connectivity index (χ3v) is 2.94. The van der Waals surface area contributed by atoms with Crippen molar-refractivity contribution in [2.75, 3.05) is 7.05 Å². The largest absolute Gasteiger partial charge is 0.283 e. The molecule has 2 N–H and O–H groups in total. The zero-order chi connectivity index (χ0) is 12.4. The zero-order valence-electron chi connectivity index (χ0n) is 10.8. The maximum atomic E-state index is 11.8. The number of hydrogen-bond donors (Lipinski definition) is 1. The first-order valence-electron chi connectivity index (χ1n) is 5.19. The van der Waals surface area contributed by atoms with Crippen LogP contribution in [-0.2, 0) is 4.79 Å². The lowest BCUT2D eigenvalue weighted by atomic mass is 9.71. The van der Waals surface area contributed by atoms with Crippen molar-refractivity contribution in [3.05, 3.63) is 12.2 Å². The molecule has 0 unspecified atom stereocenters. The number of hydrogen-bond acceptors (Lipinski definition) is 2. The molecule has 0 rings (SSSR count). The molecular weight excluding hydrogens is 188 g/mol. The lowest BCUT2D eigenvalue weighted by Gasteiger charge is -2.35. The maximum absolute atomic E-state index is 11.8. The molecule has 0 aromatic rings. The van der Waals surface area contributed by atoms with Crippen LogP contribution in [0.2, 0.25) is 0 Å². The Labute approximate surface area is 93.3 Å². The van der Waals surface area contributed by atoms with E-state index in [-0.39, 0.29) is 11.3 Å². The Morgan fingerprint density at radius 1 is 1.27 bits per heavy atom. The molecular formula is C12H24N2O. The molecule has 0 aromatic heterocycles. The fourth-order valence-electron chi connectivity index (χ4n) is 1.81. The summed E-state index contributed by atoms with van der Waals surface area (Å²) in [6.45, 7) is 14.0. The smallest absolute Gasteiger partial charge is 0.241 e. The summed E-state index contributed by atoms with van der Waals surface area (Å²) >= 11 is 0. The van der Waals surface area contributed by atoms with Crippen LogP contribution < -0.4 is 5.84 Å². The topological polar surface area (TPSA) is 46.3 Å². The zero-order valence-corrected chi connectivity index (χ0v) is 10.8. The Morgan fingerprint density at radius 2 is 1.67 bits per heavy atom. The molecule has 88 valence electrons. The van der Waals surface area contributed by atoms with E-state index in [4.69, 9.17) is 5.84 Å². The van der Waals surface area contributed by atoms with Gasteiger partial charge in [-0.25, -0.2) is 5.84 Å². The van der Waals surface area contributed by atoms with E-state index >= 15 is 0 Å². The van der Waals surface area contributed by atoms with Crippen LogP contribution in [0.3, 0.4) is 0 Å². The van der Waals surface area contributed by atoms with Gasteiger partial charge < -0.3 is 0 Å². The van der Waals surface area contributed by atoms with Crippen molar-refractivity contribution in [1.82, 2.24) is 5.01 Å². The molecule has 0 saturated carbocycles. The van der Waals surface area contributed by atoms with Gasteiger partial charge in [-0.05, 0) is 18.8 Å². The quantitative estimate of drug-likeness (QED) is 0.336. The van der Waals surface area contributed by atoms with Gasteiger partial charge in [0.05, 0.1) is 0 Å². The van der Waals surface area contributed by atoms with Gasteiger partial charge in [-0.1, -0.05) is 39.8 Å². The Bertz CT molecular complexity index is 265. The summed E-state index contributed by atoms with van der Waals surface area (Å²) in [6.07, 6.45) is 0.746. The molecule has 0 aliphatic rings. The van der Waals surface area contributed by atoms with Gasteiger partial charge >= 0.3 is 0 Å². The van der Waals surface area contributed by atoms with Gasteiger partial charge in [-0.15, -0.1) is 0 Å². The van der Waals surface area contributed by atoms with E-state index in [1.54, 1.807) is 7.05 Å². The van der Waals surface area contributed by atoms with Crippen molar-refractivity contribution in [3.63, 3.8) is 0 Å². The minimum Gasteiger partial charge on any atom is -0.283 e. The molecule has 0 atom stereocenters. The van der Waals surface area contributed by atoms with Gasteiger partial charge in [0, 0.05) is 12.5 Å². The minimum absolute atomic E-state index is 0.0446. The number of carbonyl (C=O) groups is 1. The molecule has 0 radical (unpaired) electrons. The summed E-state index contributed by atoms with van der Waals surface area (Å²) in [5, 5.41) is 1.16. The summed E-state index contributed by atoms with van der Waals surface area (Å²) in [5.74, 6) is 5.43. The average molecular weight is 212 g/mol. The Morgan fingerprint density at radius 3 is 1.93 bits per heavy atom. The van der Waals surface area contributed by atoms with E-state index in [2.05, 4.69) is 20.4 Å². The highest BCUT2D eigenvalue weighted by atomic mass is 16.2. The third-order valence-electron chi connectivity index (χ3n) is 2.94. The van der Waals surface area contributed by atoms with E-state index in [0.29, 0.717) is 0 Å². The SMILES string of the molecule is C=C(C)C(C)(C)CC(C)(C)C(=O)N(C)N. The van der Waals surface area contributed by atoms with Gasteiger partial charge in [0.2, 0.25) is 5.91 Å². The van der Waals surface area contributed by atoms with E-state index in [9.17, 15) is 4.79 Å². The molecule has 0 saturated heterocycles. The molecule has 0 aliphatic heterocycles. The maximum Gasteiger partial charge on any atom is 0.241 e. The second kappa shape index (κ2) is 4.35. The fourth-order valence-corrected chi connectivity index (χ4v) is 1.81. The molecule has 0 aliphatic carbocycles. The van der Waals surface area contributed by atoms with Crippen LogP contribution in [0, 0.1) is 10.8 Å². The van der Waals surface area contributed by atoms with Crippen LogP contribution in [0.4, 0.5) is 0 Å². The monoisotopic (exact) mass is 212 g/mol. The van der Waals surface area contributed by atoms with Crippen molar-refractivity contribution < 1.29 is 4.79 Å². The van der Waals surface area contributed by atoms with Gasteiger partial charge in [0.15, 0.2) is 0 Å². The van der Waals surface area contributed by atoms with E-state index in [0.717, 1.165) is 17.0 Å². The van der Waals surface area contributed by atoms with Crippen LogP contribution in [0.1, 0.15) is 41.0 Å². The number of rotatable bonds is 4. The Hall–Kier alpha value is -0.830. The van der Waals surface area contributed by atoms with Gasteiger partial charge in [-0.3, -0.25) is 9.80 Å². The Kier molecular flexibility index (Phi) is 4.11. The first-order chi connectivity index (χ1) is 6.50. The van der Waals surface area contributed by atoms with Crippen molar-refractivity contribution in [1.29, 1.82) is 0 Å². The number of nitrogens with zero attached hydrogens (tertiary/aromatic N) is 1. The van der Waals surface area contributed by atoms with E-state index in [1.165, 1.54) is 0 Å². The number of hydrazine groups is 1. The standard InChI is InChI=1S/C12H24N2O/c1-9(2)11(3,4)8-12(5,6)10(15)14(7)13/h1,8,13H2,2-7H3. The van der Waals surface area contributed by atoms with Crippen LogP contribution in [0.15, 0.2) is 12.2 Å². The first-order valence-corrected chi connectivity index (χ1v) is 5.19. The van der Waals surface area contributed by atoms with Gasteiger partial charge in [0.25, 0.3) is 0 Å². The van der Waals surface area contributed by atoms with Crippen molar-refractivity contribution in [3.8, 4) is 0 Å². The van der Waals surface area contributed by atoms with Gasteiger partial charge in [0.1, 0.15) is 0 Å². The normalized spacial score (nSPS) is 12.5. The lowest BCUT2D eigenvalue weighted by Crippen LogP contribution is -2.44. The Balaban J connectivity index is 4.79. The van der Waals surface area contributed by atoms with Crippen molar-refractivity contribution >= 4 is 5.91 Å². The van der Waals surface area contributed by atoms with Crippen LogP contribution in [-0.4, -0.2) is 18.0 Å². The van der Waals surface area contributed by atoms with Crippen LogP contribution >= 0.6 is 0 Å². The summed E-state index contributed by atoms with van der Waals surface area (Å²) < 4.78 is 0. The molecule has 0 spiro atoms. The number of nitrogens with two attached hydrogens (primary N) is 1. The molecule has 0 fully saturated rings. The van der Waals surface area contributed by atoms with Crippen LogP contribution in [0.25, 0.3) is 0 Å². The van der Waals surface area contributed by atoms with Crippen molar-refractivity contribution in [2.24, 2.45) is 16.7 Å². The summed E-state index contributed by atoms with van der Waals surface area (Å²) in [6, 6.07) is 0. The molecule has 3 nitrogen and oxygen atoms in total. The fraction of sp³-hybridized carbons (Fsp3) is 0.750. The number of amides is 1. The molecule has 0 heterocycles. The van der Waals surface area contributed by atoms with Gasteiger partial charge in [-0.2, -0.15) is 0 Å². The summed E-state index contributed by atoms with van der Waals surface area (Å²) in [7, 11) is 1.58. The average Bonchev–Trinajstić information content (AvgIpc) is 2.00. The predicted molar refractivity (Wildman–Crippen MR) is 64.0 cm³/mol. The lowest BCUT2D eigenvalue weighted by molar-refractivity contribution is -0.140. The van der Waals surface area contributed by atoms with Crippen molar-refractivity contribution in [2.45, 2.75) is 41.0 Å². The summed E-state index contributed by atoms with van der Waals surface area (Å²) in [5.41, 5.74) is 0.587. The van der Waals surface area contributed by atoms with Crippen LogP contribution in [0.5, 0.6) is 0 Å². The predicted octanol–water partition coefficient (Wildman–Crippen LogP) is 2.34. The summed E-state index contributed by atoms with van der Waals surface area (Å²) in [4.78, 5) is 11.8. The van der Waals surface area contributed by atoms with E-state index in [1.807, 2.05) is 20.8 Å². The first kappa shape index (κ1) is 14.2. The third kappa shape index (κ3) is 3.67. The number of allylic oxidation sites excluding steroid dienone is 1. The molecule has 3 heteroatoms. The highest BCUT2D eigenvalue weighted by Gasteiger charge is 2.36. The highest BCUT2D eigenvalue weighted by Crippen LogP contribution is 2.38. The number of carbonyl (C=O) groups excluding carboxylic acids is 1. The van der Waals surface area contributed by atoms with E-state index < -0.39 is 5.41 Å². The second-order valence-corrected chi connectivity index (χ2v) is 5.64. The highest BCUT2D eigenvalue weighted by molar-refractivity contribution is 5.81. The molecule has 1 amide bonds. The molecule has 0 bridgehead atoms. The minimum atomic E-state index is -0.452.